The Bertz CT molecular complexity index is 581. The fraction of sp³-hybridized carbons (Fsp3) is 0.294. The van der Waals surface area contributed by atoms with Crippen molar-refractivity contribution < 1.29 is 0 Å². The van der Waals surface area contributed by atoms with E-state index in [1.165, 1.54) is 16.8 Å². The van der Waals surface area contributed by atoms with Crippen molar-refractivity contribution in [1.82, 2.24) is 0 Å². The zero-order valence-corrected chi connectivity index (χ0v) is 13.0. The Kier molecular flexibility index (Phi) is 4.91. The van der Waals surface area contributed by atoms with Crippen LogP contribution in [0.3, 0.4) is 0 Å². The highest BCUT2D eigenvalue weighted by molar-refractivity contribution is 6.33. The summed E-state index contributed by atoms with van der Waals surface area (Å²) in [6, 6.07) is 14.4. The van der Waals surface area contributed by atoms with Gasteiger partial charge in [0, 0.05) is 25.8 Å². The second-order valence-corrected chi connectivity index (χ2v) is 5.53. The third-order valence-corrected chi connectivity index (χ3v) is 3.73. The number of hydrogen-bond donors (Lipinski definition) is 1. The molecule has 0 heterocycles. The van der Waals surface area contributed by atoms with Crippen LogP contribution >= 0.6 is 11.6 Å². The predicted octanol–water partition coefficient (Wildman–Crippen LogP) is 4.51. The lowest BCUT2D eigenvalue weighted by Crippen LogP contribution is -2.25. The number of anilines is 2. The summed E-state index contributed by atoms with van der Waals surface area (Å²) in [6.07, 6.45) is 0. The molecule has 2 nitrogen and oxygen atoms in total. The summed E-state index contributed by atoms with van der Waals surface area (Å²) in [6.45, 7) is 6.05. The average molecular weight is 289 g/mol. The molecule has 0 amide bonds. The highest BCUT2D eigenvalue weighted by Crippen LogP contribution is 2.21. The molecule has 20 heavy (non-hydrogen) atoms. The van der Waals surface area contributed by atoms with Crippen molar-refractivity contribution in [2.24, 2.45) is 0 Å². The molecule has 0 atom stereocenters. The minimum atomic E-state index is 0.765. The van der Waals surface area contributed by atoms with Gasteiger partial charge in [-0.1, -0.05) is 41.4 Å². The van der Waals surface area contributed by atoms with Crippen LogP contribution in [-0.2, 0) is 0 Å². The molecule has 0 saturated heterocycles. The molecule has 0 aliphatic heterocycles. The molecule has 1 N–H and O–H groups in total. The quantitative estimate of drug-likeness (QED) is 0.871. The van der Waals surface area contributed by atoms with Crippen molar-refractivity contribution in [3.05, 3.63) is 58.6 Å². The number of nitrogens with one attached hydrogen (secondary N) is 1. The van der Waals surface area contributed by atoms with E-state index in [9.17, 15) is 0 Å². The highest BCUT2D eigenvalue weighted by atomic mass is 35.5. The van der Waals surface area contributed by atoms with Gasteiger partial charge in [-0.3, -0.25) is 0 Å². The lowest BCUT2D eigenvalue weighted by Gasteiger charge is -2.22. The number of nitrogens with zero attached hydrogens (tertiary/aromatic N) is 1. The molecular weight excluding hydrogens is 268 g/mol. The summed E-state index contributed by atoms with van der Waals surface area (Å²) in [4.78, 5) is 2.26. The Morgan fingerprint density at radius 3 is 2.55 bits per heavy atom. The second kappa shape index (κ2) is 6.67. The van der Waals surface area contributed by atoms with Gasteiger partial charge in [-0.15, -0.1) is 0 Å². The molecule has 0 spiro atoms. The third-order valence-electron chi connectivity index (χ3n) is 3.40. The maximum Gasteiger partial charge on any atom is 0.0637 e. The van der Waals surface area contributed by atoms with E-state index in [1.807, 2.05) is 24.3 Å². The van der Waals surface area contributed by atoms with Gasteiger partial charge < -0.3 is 10.2 Å². The zero-order valence-electron chi connectivity index (χ0n) is 12.3. The van der Waals surface area contributed by atoms with Crippen molar-refractivity contribution in [3.63, 3.8) is 0 Å². The summed E-state index contributed by atoms with van der Waals surface area (Å²) in [7, 11) is 2.12. The van der Waals surface area contributed by atoms with E-state index >= 15 is 0 Å². The molecular formula is C17H21ClN2. The molecule has 0 saturated carbocycles. The third kappa shape index (κ3) is 3.67. The van der Waals surface area contributed by atoms with Gasteiger partial charge >= 0.3 is 0 Å². The fourth-order valence-corrected chi connectivity index (χ4v) is 2.52. The number of benzene rings is 2. The van der Waals surface area contributed by atoms with Gasteiger partial charge in [0.05, 0.1) is 10.7 Å². The standard InChI is InChI=1S/C17H21ClN2/c1-13-8-9-17(14(2)12-13)20(3)11-10-19-16-7-5-4-6-15(16)18/h4-9,12,19H,10-11H2,1-3H3. The summed E-state index contributed by atoms with van der Waals surface area (Å²) in [5, 5.41) is 4.14. The highest BCUT2D eigenvalue weighted by Gasteiger charge is 2.05. The minimum Gasteiger partial charge on any atom is -0.382 e. The molecule has 0 radical (unpaired) electrons. The number of halogens is 1. The Morgan fingerprint density at radius 1 is 1.10 bits per heavy atom. The number of rotatable bonds is 5. The van der Waals surface area contributed by atoms with Crippen molar-refractivity contribution in [2.45, 2.75) is 13.8 Å². The van der Waals surface area contributed by atoms with Crippen LogP contribution in [0.2, 0.25) is 5.02 Å². The van der Waals surface area contributed by atoms with Gasteiger partial charge in [0.15, 0.2) is 0 Å². The van der Waals surface area contributed by atoms with Crippen LogP contribution in [0.5, 0.6) is 0 Å². The number of aryl methyl sites for hydroxylation is 2. The summed E-state index contributed by atoms with van der Waals surface area (Å²) in [5.41, 5.74) is 4.87. The van der Waals surface area contributed by atoms with Gasteiger partial charge in [0.25, 0.3) is 0 Å². The first kappa shape index (κ1) is 14.7. The minimum absolute atomic E-state index is 0.765. The van der Waals surface area contributed by atoms with Crippen LogP contribution in [0.4, 0.5) is 11.4 Å². The molecule has 0 bridgehead atoms. The first-order valence-corrected chi connectivity index (χ1v) is 7.22. The van der Waals surface area contributed by atoms with Crippen molar-refractivity contribution in [2.75, 3.05) is 30.4 Å². The van der Waals surface area contributed by atoms with E-state index in [4.69, 9.17) is 11.6 Å². The van der Waals surface area contributed by atoms with Crippen LogP contribution in [0.1, 0.15) is 11.1 Å². The Labute approximate surface area is 126 Å². The molecule has 2 aromatic rings. The van der Waals surface area contributed by atoms with Crippen molar-refractivity contribution >= 4 is 23.0 Å². The smallest absolute Gasteiger partial charge is 0.0637 e. The van der Waals surface area contributed by atoms with Gasteiger partial charge in [0.2, 0.25) is 0 Å². The maximum absolute atomic E-state index is 6.12. The van der Waals surface area contributed by atoms with Crippen molar-refractivity contribution in [3.8, 4) is 0 Å². The SMILES string of the molecule is Cc1ccc(N(C)CCNc2ccccc2Cl)c(C)c1. The number of hydrogen-bond acceptors (Lipinski definition) is 2. The van der Waals surface area contributed by atoms with E-state index in [-0.39, 0.29) is 0 Å². The molecule has 106 valence electrons. The molecule has 0 fully saturated rings. The van der Waals surface area contributed by atoms with E-state index in [1.54, 1.807) is 0 Å². The lowest BCUT2D eigenvalue weighted by molar-refractivity contribution is 0.909. The molecule has 0 unspecified atom stereocenters. The molecule has 0 aliphatic carbocycles. The van der Waals surface area contributed by atoms with Crippen LogP contribution in [0.15, 0.2) is 42.5 Å². The summed E-state index contributed by atoms with van der Waals surface area (Å²) < 4.78 is 0. The van der Waals surface area contributed by atoms with Crippen LogP contribution in [0, 0.1) is 13.8 Å². The van der Waals surface area contributed by atoms with Gasteiger partial charge in [-0.05, 0) is 37.6 Å². The van der Waals surface area contributed by atoms with Gasteiger partial charge in [-0.25, -0.2) is 0 Å². The zero-order chi connectivity index (χ0) is 14.5. The molecule has 0 aliphatic rings. The van der Waals surface area contributed by atoms with E-state index < -0.39 is 0 Å². The number of likely N-dealkylation sites (N-methyl/N-ethyl adjacent to an activating group) is 1. The normalized spacial score (nSPS) is 10.4. The average Bonchev–Trinajstić information content (AvgIpc) is 2.40. The van der Waals surface area contributed by atoms with Gasteiger partial charge in [-0.2, -0.15) is 0 Å². The van der Waals surface area contributed by atoms with E-state index in [0.717, 1.165) is 23.8 Å². The first-order chi connectivity index (χ1) is 9.58. The lowest BCUT2D eigenvalue weighted by atomic mass is 10.1. The van der Waals surface area contributed by atoms with Crippen LogP contribution < -0.4 is 10.2 Å². The number of para-hydroxylation sites is 1. The topological polar surface area (TPSA) is 15.3 Å². The largest absolute Gasteiger partial charge is 0.382 e. The Hall–Kier alpha value is -1.67. The first-order valence-electron chi connectivity index (χ1n) is 6.84. The summed E-state index contributed by atoms with van der Waals surface area (Å²) >= 11 is 6.12. The molecule has 3 heteroatoms. The molecule has 2 rings (SSSR count). The molecule has 2 aromatic carbocycles. The van der Waals surface area contributed by atoms with E-state index in [2.05, 4.69) is 49.3 Å². The second-order valence-electron chi connectivity index (χ2n) is 5.12. The summed E-state index contributed by atoms with van der Waals surface area (Å²) in [5.74, 6) is 0. The predicted molar refractivity (Wildman–Crippen MR) is 89.1 cm³/mol. The van der Waals surface area contributed by atoms with Crippen LogP contribution in [-0.4, -0.2) is 20.1 Å². The van der Waals surface area contributed by atoms with Crippen molar-refractivity contribution in [1.29, 1.82) is 0 Å². The molecule has 0 aromatic heterocycles. The fourth-order valence-electron chi connectivity index (χ4n) is 2.32. The monoisotopic (exact) mass is 288 g/mol. The Morgan fingerprint density at radius 2 is 1.85 bits per heavy atom. The van der Waals surface area contributed by atoms with Gasteiger partial charge in [0.1, 0.15) is 0 Å². The Balaban J connectivity index is 1.92. The maximum atomic E-state index is 6.12. The van der Waals surface area contributed by atoms with Crippen LogP contribution in [0.25, 0.3) is 0 Å². The van der Waals surface area contributed by atoms with E-state index in [0.29, 0.717) is 0 Å².